The van der Waals surface area contributed by atoms with Crippen LogP contribution in [0, 0.1) is 11.7 Å². The zero-order chi connectivity index (χ0) is 19.2. The molecule has 3 rings (SSSR count). The van der Waals surface area contributed by atoms with Crippen LogP contribution in [0.3, 0.4) is 0 Å². The van der Waals surface area contributed by atoms with Gasteiger partial charge >= 0.3 is 6.03 Å². The molecule has 27 heavy (non-hydrogen) atoms. The Morgan fingerprint density at radius 1 is 1.15 bits per heavy atom. The molecule has 2 aromatic rings. The number of likely N-dealkylation sites (tertiary alicyclic amines) is 1. The van der Waals surface area contributed by atoms with Crippen LogP contribution >= 0.6 is 0 Å². The lowest BCUT2D eigenvalue weighted by atomic mass is 9.96. The summed E-state index contributed by atoms with van der Waals surface area (Å²) in [7, 11) is 1.68. The van der Waals surface area contributed by atoms with E-state index in [1.54, 1.807) is 35.0 Å². The van der Waals surface area contributed by atoms with Crippen molar-refractivity contribution in [1.29, 1.82) is 0 Å². The Kier molecular flexibility index (Phi) is 6.06. The molecule has 0 saturated carbocycles. The van der Waals surface area contributed by atoms with Crippen molar-refractivity contribution in [3.8, 4) is 0 Å². The van der Waals surface area contributed by atoms with Crippen molar-refractivity contribution < 1.29 is 14.0 Å². The molecule has 1 atom stereocenters. The van der Waals surface area contributed by atoms with Crippen molar-refractivity contribution in [2.45, 2.75) is 19.4 Å². The highest BCUT2D eigenvalue weighted by Gasteiger charge is 2.30. The van der Waals surface area contributed by atoms with Crippen LogP contribution in [0.1, 0.15) is 18.4 Å². The number of anilines is 1. The molecule has 2 aromatic carbocycles. The first-order chi connectivity index (χ1) is 13.0. The van der Waals surface area contributed by atoms with E-state index in [1.807, 2.05) is 30.3 Å². The molecule has 3 amide bonds. The van der Waals surface area contributed by atoms with E-state index < -0.39 is 0 Å². The summed E-state index contributed by atoms with van der Waals surface area (Å²) in [5.74, 6) is -0.642. The first kappa shape index (κ1) is 18.9. The number of nitrogens with zero attached hydrogens (tertiary/aromatic N) is 2. The summed E-state index contributed by atoms with van der Waals surface area (Å²) in [6.45, 7) is 1.22. The maximum atomic E-state index is 13.8. The van der Waals surface area contributed by atoms with Crippen LogP contribution in [-0.2, 0) is 11.3 Å². The number of hydrogen-bond acceptors (Lipinski definition) is 2. The molecule has 1 saturated heterocycles. The van der Waals surface area contributed by atoms with Gasteiger partial charge < -0.3 is 15.1 Å². The van der Waals surface area contributed by atoms with E-state index in [0.29, 0.717) is 18.7 Å². The van der Waals surface area contributed by atoms with Crippen molar-refractivity contribution >= 4 is 17.6 Å². The molecular weight excluding hydrogens is 345 g/mol. The fraction of sp³-hybridized carbons (Fsp3) is 0.333. The molecule has 6 heteroatoms. The van der Waals surface area contributed by atoms with E-state index in [0.717, 1.165) is 18.5 Å². The third-order valence-electron chi connectivity index (χ3n) is 4.82. The number of para-hydroxylation sites is 1. The van der Waals surface area contributed by atoms with Crippen molar-refractivity contribution in [3.05, 3.63) is 66.0 Å². The minimum absolute atomic E-state index is 0.0598. The summed E-state index contributed by atoms with van der Waals surface area (Å²) in [5.41, 5.74) is 1.22. The zero-order valence-corrected chi connectivity index (χ0v) is 15.4. The first-order valence-corrected chi connectivity index (χ1v) is 9.14. The summed E-state index contributed by atoms with van der Waals surface area (Å²) in [6, 6.07) is 15.5. The van der Waals surface area contributed by atoms with E-state index in [2.05, 4.69) is 5.32 Å². The number of piperidine rings is 1. The van der Waals surface area contributed by atoms with Gasteiger partial charge in [0.15, 0.2) is 0 Å². The molecule has 0 bridgehead atoms. The Bertz CT molecular complexity index is 797. The summed E-state index contributed by atoms with van der Waals surface area (Å²) in [4.78, 5) is 28.5. The normalized spacial score (nSPS) is 16.7. The largest absolute Gasteiger partial charge is 0.341 e. The summed E-state index contributed by atoms with van der Waals surface area (Å²) < 4.78 is 13.8. The molecule has 1 aliphatic rings. The lowest BCUT2D eigenvalue weighted by Crippen LogP contribution is -2.47. The maximum Gasteiger partial charge on any atom is 0.321 e. The zero-order valence-electron chi connectivity index (χ0n) is 15.4. The number of halogens is 1. The number of carbonyl (C=O) groups is 2. The average Bonchev–Trinajstić information content (AvgIpc) is 2.70. The molecular formula is C21H24FN3O2. The second kappa shape index (κ2) is 8.66. The summed E-state index contributed by atoms with van der Waals surface area (Å²) in [6.07, 6.45) is 1.50. The van der Waals surface area contributed by atoms with Crippen LogP contribution in [-0.4, -0.2) is 41.9 Å². The van der Waals surface area contributed by atoms with Crippen LogP contribution in [0.15, 0.2) is 54.6 Å². The number of rotatable bonds is 4. The van der Waals surface area contributed by atoms with Crippen molar-refractivity contribution in [2.75, 3.05) is 25.5 Å². The average molecular weight is 369 g/mol. The lowest BCUT2D eigenvalue weighted by molar-refractivity contribution is -0.136. The minimum Gasteiger partial charge on any atom is -0.341 e. The van der Waals surface area contributed by atoms with E-state index in [9.17, 15) is 14.0 Å². The van der Waals surface area contributed by atoms with Gasteiger partial charge in [-0.3, -0.25) is 4.79 Å². The molecule has 0 aliphatic carbocycles. The monoisotopic (exact) mass is 369 g/mol. The lowest BCUT2D eigenvalue weighted by Gasteiger charge is -2.34. The Morgan fingerprint density at radius 2 is 1.85 bits per heavy atom. The van der Waals surface area contributed by atoms with Gasteiger partial charge in [0.2, 0.25) is 5.91 Å². The standard InChI is InChI=1S/C21H24FN3O2/c1-24(14-16-8-5-6-12-19(16)22)20(26)17-9-7-13-25(15-17)21(27)23-18-10-3-2-4-11-18/h2-6,8,10-12,17H,7,9,13-15H2,1H3,(H,23,27)/t17-/m0/s1. The van der Waals surface area contributed by atoms with Crippen LogP contribution in [0.25, 0.3) is 0 Å². The third-order valence-corrected chi connectivity index (χ3v) is 4.82. The fourth-order valence-electron chi connectivity index (χ4n) is 3.36. The molecule has 0 aromatic heterocycles. The Hall–Kier alpha value is -2.89. The molecule has 1 N–H and O–H groups in total. The summed E-state index contributed by atoms with van der Waals surface area (Å²) >= 11 is 0. The predicted molar refractivity (Wildman–Crippen MR) is 103 cm³/mol. The quantitative estimate of drug-likeness (QED) is 0.893. The molecule has 0 spiro atoms. The third kappa shape index (κ3) is 4.84. The Morgan fingerprint density at radius 3 is 2.59 bits per heavy atom. The van der Waals surface area contributed by atoms with Crippen LogP contribution in [0.4, 0.5) is 14.9 Å². The van der Waals surface area contributed by atoms with Crippen molar-refractivity contribution in [2.24, 2.45) is 5.92 Å². The number of nitrogens with one attached hydrogen (secondary N) is 1. The maximum absolute atomic E-state index is 13.8. The van der Waals surface area contributed by atoms with Gasteiger partial charge in [-0.2, -0.15) is 0 Å². The van der Waals surface area contributed by atoms with E-state index in [-0.39, 0.29) is 30.2 Å². The van der Waals surface area contributed by atoms with Gasteiger partial charge in [0.05, 0.1) is 5.92 Å². The van der Waals surface area contributed by atoms with Gasteiger partial charge in [0.1, 0.15) is 5.82 Å². The highest BCUT2D eigenvalue weighted by Crippen LogP contribution is 2.21. The smallest absolute Gasteiger partial charge is 0.321 e. The van der Waals surface area contributed by atoms with Gasteiger partial charge in [-0.15, -0.1) is 0 Å². The number of benzene rings is 2. The minimum atomic E-state index is -0.315. The predicted octanol–water partition coefficient (Wildman–Crippen LogP) is 3.73. The molecule has 5 nitrogen and oxygen atoms in total. The molecule has 1 heterocycles. The number of hydrogen-bond donors (Lipinski definition) is 1. The van der Waals surface area contributed by atoms with Gasteiger partial charge in [-0.25, -0.2) is 9.18 Å². The second-order valence-corrected chi connectivity index (χ2v) is 6.87. The van der Waals surface area contributed by atoms with Gasteiger partial charge in [-0.1, -0.05) is 36.4 Å². The molecule has 1 fully saturated rings. The number of carbonyl (C=O) groups excluding carboxylic acids is 2. The highest BCUT2D eigenvalue weighted by atomic mass is 19.1. The Labute approximate surface area is 158 Å². The highest BCUT2D eigenvalue weighted by molar-refractivity contribution is 5.90. The fourth-order valence-corrected chi connectivity index (χ4v) is 3.36. The van der Waals surface area contributed by atoms with Gasteiger partial charge in [0, 0.05) is 37.9 Å². The number of urea groups is 1. The summed E-state index contributed by atoms with van der Waals surface area (Å²) in [5, 5.41) is 2.86. The molecule has 0 unspecified atom stereocenters. The topological polar surface area (TPSA) is 52.7 Å². The van der Waals surface area contributed by atoms with Crippen LogP contribution < -0.4 is 5.32 Å². The van der Waals surface area contributed by atoms with E-state index in [4.69, 9.17) is 0 Å². The molecule has 1 aliphatic heterocycles. The van der Waals surface area contributed by atoms with Crippen molar-refractivity contribution in [1.82, 2.24) is 9.80 Å². The van der Waals surface area contributed by atoms with Gasteiger partial charge in [0.25, 0.3) is 0 Å². The molecule has 0 radical (unpaired) electrons. The Balaban J connectivity index is 1.59. The molecule has 142 valence electrons. The van der Waals surface area contributed by atoms with Crippen LogP contribution in [0.5, 0.6) is 0 Å². The SMILES string of the molecule is CN(Cc1ccccc1F)C(=O)[C@H]1CCCN(C(=O)Nc2ccccc2)C1. The van der Waals surface area contributed by atoms with E-state index in [1.165, 1.54) is 6.07 Å². The second-order valence-electron chi connectivity index (χ2n) is 6.87. The van der Waals surface area contributed by atoms with Crippen molar-refractivity contribution in [3.63, 3.8) is 0 Å². The van der Waals surface area contributed by atoms with Crippen LogP contribution in [0.2, 0.25) is 0 Å². The number of amides is 3. The first-order valence-electron chi connectivity index (χ1n) is 9.14. The van der Waals surface area contributed by atoms with Gasteiger partial charge in [-0.05, 0) is 31.0 Å². The van der Waals surface area contributed by atoms with E-state index >= 15 is 0 Å².